The van der Waals surface area contributed by atoms with Crippen LogP contribution in [0.1, 0.15) is 28.9 Å². The highest BCUT2D eigenvalue weighted by Crippen LogP contribution is 2.23. The molecule has 1 aromatic heterocycles. The van der Waals surface area contributed by atoms with Crippen molar-refractivity contribution in [1.29, 1.82) is 0 Å². The molecule has 2 heterocycles. The quantitative estimate of drug-likeness (QED) is 0.891. The summed E-state index contributed by atoms with van der Waals surface area (Å²) >= 11 is 3.38. The molecular weight excluding hydrogens is 362 g/mol. The molecule has 1 fully saturated rings. The number of halogens is 1. The maximum atomic E-state index is 12.7. The summed E-state index contributed by atoms with van der Waals surface area (Å²) in [5, 5.41) is 13.5. The number of carbonyl (C=O) groups is 2. The maximum Gasteiger partial charge on any atom is 0.326 e. The number of carboxylic acid groups (broad SMARTS) is 1. The largest absolute Gasteiger partial charge is 0.480 e. The molecule has 1 aromatic carbocycles. The highest BCUT2D eigenvalue weighted by molar-refractivity contribution is 9.10. The summed E-state index contributed by atoms with van der Waals surface area (Å²) in [5.74, 6) is -1.22. The minimum atomic E-state index is -0.950. The van der Waals surface area contributed by atoms with Gasteiger partial charge in [0.2, 0.25) is 0 Å². The van der Waals surface area contributed by atoms with E-state index in [9.17, 15) is 14.7 Å². The second-order valence-corrected chi connectivity index (χ2v) is 6.44. The molecule has 0 radical (unpaired) electrons. The third kappa shape index (κ3) is 2.88. The number of likely N-dealkylation sites (tertiary alicyclic amines) is 1. The monoisotopic (exact) mass is 377 g/mol. The number of carbonyl (C=O) groups excluding carboxylic acids is 1. The van der Waals surface area contributed by atoms with Crippen molar-refractivity contribution in [1.82, 2.24) is 14.7 Å². The molecule has 0 spiro atoms. The lowest BCUT2D eigenvalue weighted by Crippen LogP contribution is -2.40. The average Bonchev–Trinajstić information content (AvgIpc) is 3.14. The Bertz CT molecular complexity index is 754. The molecular formula is C16H16BrN3O3. The van der Waals surface area contributed by atoms with Crippen LogP contribution in [0.25, 0.3) is 5.69 Å². The van der Waals surface area contributed by atoms with Gasteiger partial charge in [0.05, 0.1) is 23.1 Å². The molecule has 1 amide bonds. The van der Waals surface area contributed by atoms with E-state index in [1.54, 1.807) is 4.68 Å². The summed E-state index contributed by atoms with van der Waals surface area (Å²) in [7, 11) is 0. The van der Waals surface area contributed by atoms with Gasteiger partial charge >= 0.3 is 5.97 Å². The van der Waals surface area contributed by atoms with Gasteiger partial charge in [-0.05, 0) is 44.0 Å². The molecule has 2 aromatic rings. The van der Waals surface area contributed by atoms with Gasteiger partial charge in [-0.2, -0.15) is 5.10 Å². The second kappa shape index (κ2) is 6.16. The van der Waals surface area contributed by atoms with Crippen molar-refractivity contribution >= 4 is 27.8 Å². The smallest absolute Gasteiger partial charge is 0.326 e. The first-order valence-corrected chi connectivity index (χ1v) is 8.12. The summed E-state index contributed by atoms with van der Waals surface area (Å²) in [6.45, 7) is 2.28. The first-order chi connectivity index (χ1) is 11.0. The molecule has 23 heavy (non-hydrogen) atoms. The van der Waals surface area contributed by atoms with Gasteiger partial charge in [0.25, 0.3) is 5.91 Å². The summed E-state index contributed by atoms with van der Waals surface area (Å²) in [6.07, 6.45) is 2.72. The zero-order valence-electron chi connectivity index (χ0n) is 12.6. The summed E-state index contributed by atoms with van der Waals surface area (Å²) in [6, 6.07) is 6.86. The van der Waals surface area contributed by atoms with Crippen LogP contribution >= 0.6 is 15.9 Å². The molecule has 1 atom stereocenters. The van der Waals surface area contributed by atoms with E-state index in [2.05, 4.69) is 21.0 Å². The van der Waals surface area contributed by atoms with Gasteiger partial charge in [0, 0.05) is 11.0 Å². The lowest BCUT2D eigenvalue weighted by molar-refractivity contribution is -0.141. The Balaban J connectivity index is 1.91. The standard InChI is InChI=1S/C16H16BrN3O3/c1-10-13(15(21)19-8-2-3-14(19)16(22)23)9-18-20(10)12-6-4-11(17)5-7-12/h4-7,9,14H,2-3,8H2,1H3,(H,22,23). The second-order valence-electron chi connectivity index (χ2n) is 5.53. The fourth-order valence-corrected chi connectivity index (χ4v) is 3.15. The number of aliphatic carboxylic acids is 1. The topological polar surface area (TPSA) is 75.4 Å². The van der Waals surface area contributed by atoms with E-state index in [4.69, 9.17) is 0 Å². The lowest BCUT2D eigenvalue weighted by atomic mass is 10.2. The molecule has 0 bridgehead atoms. The normalized spacial score (nSPS) is 17.5. The Morgan fingerprint density at radius 1 is 1.30 bits per heavy atom. The Kier molecular flexibility index (Phi) is 4.21. The minimum absolute atomic E-state index is 0.268. The fourth-order valence-electron chi connectivity index (χ4n) is 2.88. The van der Waals surface area contributed by atoms with Crippen LogP contribution in [0, 0.1) is 6.92 Å². The number of aromatic nitrogens is 2. The first-order valence-electron chi connectivity index (χ1n) is 7.33. The van der Waals surface area contributed by atoms with Gasteiger partial charge in [-0.3, -0.25) is 4.79 Å². The zero-order chi connectivity index (χ0) is 16.6. The molecule has 120 valence electrons. The molecule has 0 saturated carbocycles. The van der Waals surface area contributed by atoms with E-state index in [1.807, 2.05) is 31.2 Å². The number of hydrogen-bond donors (Lipinski definition) is 1. The van der Waals surface area contributed by atoms with E-state index in [-0.39, 0.29) is 5.91 Å². The minimum Gasteiger partial charge on any atom is -0.480 e. The van der Waals surface area contributed by atoms with E-state index in [0.717, 1.165) is 10.2 Å². The summed E-state index contributed by atoms with van der Waals surface area (Å²) in [4.78, 5) is 25.4. The first kappa shape index (κ1) is 15.7. The Morgan fingerprint density at radius 2 is 2.00 bits per heavy atom. The zero-order valence-corrected chi connectivity index (χ0v) is 14.2. The average molecular weight is 378 g/mol. The van der Waals surface area contributed by atoms with Gasteiger partial charge in [-0.15, -0.1) is 0 Å². The molecule has 1 saturated heterocycles. The van der Waals surface area contributed by atoms with Crippen molar-refractivity contribution in [3.05, 3.63) is 46.2 Å². The van der Waals surface area contributed by atoms with Gasteiger partial charge in [-0.25, -0.2) is 9.48 Å². The van der Waals surface area contributed by atoms with E-state index in [0.29, 0.717) is 30.6 Å². The molecule has 1 N–H and O–H groups in total. The number of carboxylic acids is 1. The van der Waals surface area contributed by atoms with Crippen molar-refractivity contribution in [2.75, 3.05) is 6.54 Å². The molecule has 1 aliphatic heterocycles. The maximum absolute atomic E-state index is 12.7. The molecule has 7 heteroatoms. The Labute approximate surface area is 141 Å². The van der Waals surface area contributed by atoms with Crippen LogP contribution in [0.3, 0.4) is 0 Å². The number of hydrogen-bond acceptors (Lipinski definition) is 3. The van der Waals surface area contributed by atoms with Gasteiger partial charge < -0.3 is 10.0 Å². The van der Waals surface area contributed by atoms with Crippen LogP contribution in [0.4, 0.5) is 0 Å². The van der Waals surface area contributed by atoms with E-state index < -0.39 is 12.0 Å². The van der Waals surface area contributed by atoms with Crippen LogP contribution in [0.5, 0.6) is 0 Å². The lowest BCUT2D eigenvalue weighted by Gasteiger charge is -2.21. The molecule has 3 rings (SSSR count). The highest BCUT2D eigenvalue weighted by atomic mass is 79.9. The van der Waals surface area contributed by atoms with Crippen molar-refractivity contribution in [3.8, 4) is 5.69 Å². The van der Waals surface area contributed by atoms with Crippen LogP contribution in [0.15, 0.2) is 34.9 Å². The number of amides is 1. The molecule has 1 unspecified atom stereocenters. The third-order valence-electron chi connectivity index (χ3n) is 4.11. The molecule has 0 aliphatic carbocycles. The molecule has 1 aliphatic rings. The van der Waals surface area contributed by atoms with E-state index in [1.165, 1.54) is 11.1 Å². The Hall–Kier alpha value is -2.15. The van der Waals surface area contributed by atoms with Gasteiger partial charge in [0.1, 0.15) is 6.04 Å². The number of nitrogens with zero attached hydrogens (tertiary/aromatic N) is 3. The van der Waals surface area contributed by atoms with E-state index >= 15 is 0 Å². The SMILES string of the molecule is Cc1c(C(=O)N2CCCC2C(=O)O)cnn1-c1ccc(Br)cc1. The number of benzene rings is 1. The highest BCUT2D eigenvalue weighted by Gasteiger charge is 2.35. The van der Waals surface area contributed by atoms with Crippen molar-refractivity contribution in [3.63, 3.8) is 0 Å². The van der Waals surface area contributed by atoms with Crippen molar-refractivity contribution < 1.29 is 14.7 Å². The summed E-state index contributed by atoms with van der Waals surface area (Å²) < 4.78 is 2.65. The predicted molar refractivity (Wildman–Crippen MR) is 87.7 cm³/mol. The van der Waals surface area contributed by atoms with Crippen molar-refractivity contribution in [2.45, 2.75) is 25.8 Å². The Morgan fingerprint density at radius 3 is 2.65 bits per heavy atom. The third-order valence-corrected chi connectivity index (χ3v) is 4.64. The fraction of sp³-hybridized carbons (Fsp3) is 0.312. The molecule has 6 nitrogen and oxygen atoms in total. The van der Waals surface area contributed by atoms with Gasteiger partial charge in [-0.1, -0.05) is 15.9 Å². The van der Waals surface area contributed by atoms with Crippen LogP contribution in [0.2, 0.25) is 0 Å². The number of rotatable bonds is 3. The van der Waals surface area contributed by atoms with Crippen LogP contribution in [-0.4, -0.2) is 44.3 Å². The van der Waals surface area contributed by atoms with Gasteiger partial charge in [0.15, 0.2) is 0 Å². The van der Waals surface area contributed by atoms with Crippen LogP contribution in [-0.2, 0) is 4.79 Å². The van der Waals surface area contributed by atoms with Crippen molar-refractivity contribution in [2.24, 2.45) is 0 Å². The summed E-state index contributed by atoms with van der Waals surface area (Å²) in [5.41, 5.74) is 2.00. The predicted octanol–water partition coefficient (Wildman–Crippen LogP) is 2.63. The van der Waals surface area contributed by atoms with Crippen LogP contribution < -0.4 is 0 Å².